The average Bonchev–Trinajstić information content (AvgIpc) is 3.15. The largest absolute Gasteiger partial charge is 0.493 e. The first-order valence-corrected chi connectivity index (χ1v) is 11.5. The summed E-state index contributed by atoms with van der Waals surface area (Å²) >= 11 is 0. The first kappa shape index (κ1) is 21.9. The van der Waals surface area contributed by atoms with Crippen LogP contribution in [0.2, 0.25) is 0 Å². The third-order valence-electron chi connectivity index (χ3n) is 7.89. The van der Waals surface area contributed by atoms with E-state index in [9.17, 15) is 22.8 Å². The predicted octanol–water partition coefficient (Wildman–Crippen LogP) is 3.41. The number of carbonyl (C=O) groups excluding carboxylic acids is 1. The second-order valence-corrected chi connectivity index (χ2v) is 9.66. The molecule has 10 heteroatoms. The molecule has 182 valence electrons. The molecule has 0 radical (unpaired) electrons. The maximum atomic E-state index is 13.5. The summed E-state index contributed by atoms with van der Waals surface area (Å²) in [7, 11) is 0. The van der Waals surface area contributed by atoms with Crippen LogP contribution in [0.1, 0.15) is 34.2 Å². The van der Waals surface area contributed by atoms with Crippen molar-refractivity contribution in [2.75, 3.05) is 19.7 Å². The molecular weight excluding hydrogens is 461 g/mol. The van der Waals surface area contributed by atoms with Crippen molar-refractivity contribution < 1.29 is 22.7 Å². The third-order valence-corrected chi connectivity index (χ3v) is 7.89. The second kappa shape index (κ2) is 7.22. The molecule has 1 fully saturated rings. The fourth-order valence-corrected chi connectivity index (χ4v) is 5.86. The minimum Gasteiger partial charge on any atom is -0.493 e. The number of amides is 1. The van der Waals surface area contributed by atoms with Crippen molar-refractivity contribution in [1.82, 2.24) is 19.0 Å². The third kappa shape index (κ3) is 3.15. The van der Waals surface area contributed by atoms with Gasteiger partial charge < -0.3 is 18.8 Å². The van der Waals surface area contributed by atoms with E-state index in [0.29, 0.717) is 36.7 Å². The summed E-state index contributed by atoms with van der Waals surface area (Å²) in [5, 5.41) is 0. The van der Waals surface area contributed by atoms with Crippen LogP contribution in [0.15, 0.2) is 47.7 Å². The number of carbonyl (C=O) groups is 1. The van der Waals surface area contributed by atoms with E-state index >= 15 is 0 Å². The number of nitrogens with zero attached hydrogens (tertiary/aromatic N) is 4. The van der Waals surface area contributed by atoms with E-state index in [4.69, 9.17) is 4.74 Å². The molecule has 2 aromatic heterocycles. The Morgan fingerprint density at radius 2 is 1.97 bits per heavy atom. The molecule has 1 saturated carbocycles. The predicted molar refractivity (Wildman–Crippen MR) is 120 cm³/mol. The lowest BCUT2D eigenvalue weighted by Crippen LogP contribution is -2.48. The van der Waals surface area contributed by atoms with Crippen molar-refractivity contribution in [2.45, 2.75) is 32.0 Å². The summed E-state index contributed by atoms with van der Waals surface area (Å²) in [6, 6.07) is 6.83. The van der Waals surface area contributed by atoms with Crippen LogP contribution in [0.4, 0.5) is 13.2 Å². The molecule has 3 aliphatic rings. The van der Waals surface area contributed by atoms with Gasteiger partial charge in [0.15, 0.2) is 0 Å². The number of hydrogen-bond acceptors (Lipinski definition) is 4. The van der Waals surface area contributed by atoms with Gasteiger partial charge in [0, 0.05) is 42.7 Å². The molecular formula is C25H23F3N4O3. The Bertz CT molecular complexity index is 1430. The van der Waals surface area contributed by atoms with Crippen LogP contribution in [0.25, 0.3) is 5.69 Å². The standard InChI is InChI=1S/C25H23F3N4O3/c1-14-10-31(13-29-14)19-4-5-20-22(33)30(7-8-32(20)23(19)34)12-24-15(2)18(24)11-35-21-6-3-16(9-17(21)24)25(26,27)28/h3-6,9-10,13,15,18H,7-8,11-12H2,1-2H3/t15-,18-,24?/m1/s1. The van der Waals surface area contributed by atoms with Crippen molar-refractivity contribution in [3.8, 4) is 11.4 Å². The number of aryl methyl sites for hydroxylation is 1. The number of halogens is 3. The molecule has 2 aliphatic heterocycles. The molecule has 1 aromatic carbocycles. The van der Waals surface area contributed by atoms with E-state index in [-0.39, 0.29) is 35.5 Å². The molecule has 3 aromatic rings. The molecule has 1 aliphatic carbocycles. The minimum absolute atomic E-state index is 0.0299. The van der Waals surface area contributed by atoms with Gasteiger partial charge in [0.2, 0.25) is 0 Å². The normalized spacial score (nSPS) is 24.9. The summed E-state index contributed by atoms with van der Waals surface area (Å²) in [4.78, 5) is 32.4. The zero-order valence-electron chi connectivity index (χ0n) is 19.2. The van der Waals surface area contributed by atoms with Gasteiger partial charge in [-0.05, 0) is 43.2 Å². The van der Waals surface area contributed by atoms with Crippen molar-refractivity contribution in [1.29, 1.82) is 0 Å². The summed E-state index contributed by atoms with van der Waals surface area (Å²) in [5.74, 6) is 0.243. The Hall–Kier alpha value is -3.56. The molecule has 3 atom stereocenters. The van der Waals surface area contributed by atoms with Crippen LogP contribution in [0, 0.1) is 18.8 Å². The number of benzene rings is 1. The van der Waals surface area contributed by atoms with Crippen LogP contribution >= 0.6 is 0 Å². The lowest BCUT2D eigenvalue weighted by atomic mass is 9.87. The molecule has 0 saturated heterocycles. The lowest BCUT2D eigenvalue weighted by molar-refractivity contribution is -0.137. The number of aromatic nitrogens is 3. The highest BCUT2D eigenvalue weighted by Gasteiger charge is 2.67. The van der Waals surface area contributed by atoms with E-state index in [1.54, 1.807) is 34.1 Å². The number of ether oxygens (including phenoxy) is 1. The van der Waals surface area contributed by atoms with Gasteiger partial charge in [-0.1, -0.05) is 6.92 Å². The first-order valence-electron chi connectivity index (χ1n) is 11.5. The minimum atomic E-state index is -4.46. The lowest BCUT2D eigenvalue weighted by Gasteiger charge is -2.35. The molecule has 4 heterocycles. The van der Waals surface area contributed by atoms with E-state index in [1.807, 2.05) is 13.8 Å². The summed E-state index contributed by atoms with van der Waals surface area (Å²) in [6.45, 7) is 5.12. The van der Waals surface area contributed by atoms with Gasteiger partial charge in [0.25, 0.3) is 11.5 Å². The number of fused-ring (bicyclic) bond motifs is 4. The summed E-state index contributed by atoms with van der Waals surface area (Å²) in [5.41, 5.74) is 0.367. The van der Waals surface area contributed by atoms with E-state index in [1.165, 1.54) is 16.7 Å². The molecule has 0 N–H and O–H groups in total. The fraction of sp³-hybridized carbons (Fsp3) is 0.400. The number of alkyl halides is 3. The van der Waals surface area contributed by atoms with Crippen LogP contribution < -0.4 is 10.3 Å². The summed E-state index contributed by atoms with van der Waals surface area (Å²) < 4.78 is 49.2. The molecule has 6 rings (SSSR count). The number of hydrogen-bond donors (Lipinski definition) is 0. The maximum absolute atomic E-state index is 13.5. The zero-order valence-corrected chi connectivity index (χ0v) is 19.2. The van der Waals surface area contributed by atoms with Crippen molar-refractivity contribution in [3.63, 3.8) is 0 Å². The Balaban J connectivity index is 1.34. The Morgan fingerprint density at radius 3 is 2.69 bits per heavy atom. The highest BCUT2D eigenvalue weighted by atomic mass is 19.4. The number of pyridine rings is 1. The topological polar surface area (TPSA) is 69.4 Å². The van der Waals surface area contributed by atoms with Gasteiger partial charge in [0.1, 0.15) is 17.1 Å². The highest BCUT2D eigenvalue weighted by Crippen LogP contribution is 2.64. The summed E-state index contributed by atoms with van der Waals surface area (Å²) in [6.07, 6.45) is -1.17. The van der Waals surface area contributed by atoms with Crippen LogP contribution in [-0.2, 0) is 18.1 Å². The first-order chi connectivity index (χ1) is 16.6. The van der Waals surface area contributed by atoms with Crippen LogP contribution in [-0.4, -0.2) is 44.6 Å². The maximum Gasteiger partial charge on any atom is 0.416 e. The van der Waals surface area contributed by atoms with Gasteiger partial charge >= 0.3 is 6.18 Å². The molecule has 0 bridgehead atoms. The van der Waals surface area contributed by atoms with Crippen molar-refractivity contribution >= 4 is 5.91 Å². The quantitative estimate of drug-likeness (QED) is 0.572. The number of imidazole rings is 1. The zero-order chi connectivity index (χ0) is 24.7. The van der Waals surface area contributed by atoms with Gasteiger partial charge in [-0.2, -0.15) is 13.2 Å². The van der Waals surface area contributed by atoms with Gasteiger partial charge in [-0.15, -0.1) is 0 Å². The Morgan fingerprint density at radius 1 is 1.17 bits per heavy atom. The number of rotatable bonds is 3. The molecule has 0 spiro atoms. The molecule has 1 unspecified atom stereocenters. The molecule has 35 heavy (non-hydrogen) atoms. The van der Waals surface area contributed by atoms with Crippen molar-refractivity contribution in [2.24, 2.45) is 11.8 Å². The van der Waals surface area contributed by atoms with Gasteiger partial charge in [0.05, 0.1) is 24.2 Å². The van der Waals surface area contributed by atoms with Gasteiger partial charge in [-0.25, -0.2) is 4.98 Å². The smallest absolute Gasteiger partial charge is 0.416 e. The monoisotopic (exact) mass is 484 g/mol. The SMILES string of the molecule is Cc1cn(-c2ccc3n(c2=O)CCN(CC24c5cc(C(F)(F)F)ccc5OC[C@@H]2[C@H]4C)C3=O)cn1. The van der Waals surface area contributed by atoms with Gasteiger partial charge in [-0.3, -0.25) is 9.59 Å². The van der Waals surface area contributed by atoms with Crippen molar-refractivity contribution in [3.05, 3.63) is 75.7 Å². The highest BCUT2D eigenvalue weighted by molar-refractivity contribution is 5.93. The van der Waals surface area contributed by atoms with Crippen LogP contribution in [0.5, 0.6) is 5.75 Å². The molecule has 7 nitrogen and oxygen atoms in total. The van der Waals surface area contributed by atoms with E-state index in [2.05, 4.69) is 4.98 Å². The second-order valence-electron chi connectivity index (χ2n) is 9.66. The van der Waals surface area contributed by atoms with E-state index < -0.39 is 17.2 Å². The molecule has 1 amide bonds. The average molecular weight is 484 g/mol. The Labute approximate surface area is 198 Å². The fourth-order valence-electron chi connectivity index (χ4n) is 5.86. The van der Waals surface area contributed by atoms with E-state index in [0.717, 1.165) is 11.8 Å². The Kier molecular flexibility index (Phi) is 4.53. The van der Waals surface area contributed by atoms with Crippen LogP contribution in [0.3, 0.4) is 0 Å².